The number of ether oxygens (including phenoxy) is 1. The summed E-state index contributed by atoms with van der Waals surface area (Å²) in [5.41, 5.74) is 0.454. The molecule has 1 amide bonds. The van der Waals surface area contributed by atoms with Gasteiger partial charge in [-0.1, -0.05) is 32.1 Å². The van der Waals surface area contributed by atoms with Crippen LogP contribution in [0, 0.1) is 0 Å². The second kappa shape index (κ2) is 8.48. The molecule has 0 saturated heterocycles. The second-order valence-corrected chi connectivity index (χ2v) is 7.92. The molecule has 6 nitrogen and oxygen atoms in total. The van der Waals surface area contributed by atoms with Crippen LogP contribution in [-0.4, -0.2) is 27.5 Å². The summed E-state index contributed by atoms with van der Waals surface area (Å²) in [6.07, 6.45) is 7.42. The van der Waals surface area contributed by atoms with Crippen molar-refractivity contribution in [1.82, 2.24) is 4.72 Å². The average molecular weight is 354 g/mol. The fourth-order valence-electron chi connectivity index (χ4n) is 2.99. The maximum Gasteiger partial charge on any atom is 0.240 e. The Kier molecular flexibility index (Phi) is 6.62. The quantitative estimate of drug-likeness (QED) is 0.851. The minimum Gasteiger partial charge on any atom is -0.495 e. The Hall–Kier alpha value is -1.60. The first kappa shape index (κ1) is 18.7. The van der Waals surface area contributed by atoms with Gasteiger partial charge in [-0.05, 0) is 25.0 Å². The van der Waals surface area contributed by atoms with Crippen molar-refractivity contribution in [2.45, 2.75) is 62.8 Å². The lowest BCUT2D eigenvalue weighted by Gasteiger charge is -2.21. The molecule has 0 unspecified atom stereocenters. The molecule has 24 heavy (non-hydrogen) atoms. The Bertz CT molecular complexity index is 665. The molecule has 134 valence electrons. The highest BCUT2D eigenvalue weighted by molar-refractivity contribution is 7.89. The molecule has 0 bridgehead atoms. The number of amides is 1. The number of benzene rings is 1. The highest BCUT2D eigenvalue weighted by Gasteiger charge is 2.22. The van der Waals surface area contributed by atoms with E-state index >= 15 is 0 Å². The van der Waals surface area contributed by atoms with E-state index in [4.69, 9.17) is 4.74 Å². The highest BCUT2D eigenvalue weighted by atomic mass is 32.2. The van der Waals surface area contributed by atoms with Crippen LogP contribution in [0.2, 0.25) is 0 Å². The third-order valence-corrected chi connectivity index (χ3v) is 5.74. The summed E-state index contributed by atoms with van der Waals surface area (Å²) >= 11 is 0. The van der Waals surface area contributed by atoms with Crippen LogP contribution in [0.5, 0.6) is 5.75 Å². The summed E-state index contributed by atoms with van der Waals surface area (Å²) in [6.45, 7) is 1.39. The topological polar surface area (TPSA) is 84.5 Å². The second-order valence-electron chi connectivity index (χ2n) is 6.21. The van der Waals surface area contributed by atoms with Crippen molar-refractivity contribution < 1.29 is 17.9 Å². The molecule has 1 aliphatic rings. The van der Waals surface area contributed by atoms with Gasteiger partial charge in [-0.2, -0.15) is 0 Å². The van der Waals surface area contributed by atoms with Crippen LogP contribution in [0.15, 0.2) is 23.1 Å². The van der Waals surface area contributed by atoms with Crippen LogP contribution >= 0.6 is 0 Å². The van der Waals surface area contributed by atoms with Gasteiger partial charge >= 0.3 is 0 Å². The number of sulfonamides is 1. The van der Waals surface area contributed by atoms with Gasteiger partial charge < -0.3 is 10.1 Å². The maximum atomic E-state index is 12.6. The highest BCUT2D eigenvalue weighted by Crippen LogP contribution is 2.28. The van der Waals surface area contributed by atoms with Gasteiger partial charge in [0.15, 0.2) is 0 Å². The SMILES string of the molecule is COc1cc(S(=O)(=O)NC2CCCCCCC2)ccc1NC(C)=O. The van der Waals surface area contributed by atoms with Crippen molar-refractivity contribution >= 4 is 21.6 Å². The largest absolute Gasteiger partial charge is 0.495 e. The molecule has 7 heteroatoms. The zero-order valence-electron chi connectivity index (χ0n) is 14.3. The predicted molar refractivity (Wildman–Crippen MR) is 93.7 cm³/mol. The van der Waals surface area contributed by atoms with Crippen LogP contribution in [0.3, 0.4) is 0 Å². The summed E-state index contributed by atoms with van der Waals surface area (Å²) in [5, 5.41) is 2.62. The van der Waals surface area contributed by atoms with E-state index in [0.717, 1.165) is 38.5 Å². The number of hydrogen-bond donors (Lipinski definition) is 2. The Balaban J connectivity index is 2.17. The van der Waals surface area contributed by atoms with E-state index < -0.39 is 10.0 Å². The lowest BCUT2D eigenvalue weighted by molar-refractivity contribution is -0.114. The third kappa shape index (κ3) is 5.21. The van der Waals surface area contributed by atoms with E-state index in [1.54, 1.807) is 6.07 Å². The zero-order valence-corrected chi connectivity index (χ0v) is 15.1. The smallest absolute Gasteiger partial charge is 0.240 e. The van der Waals surface area contributed by atoms with Crippen LogP contribution in [0.1, 0.15) is 51.9 Å². The summed E-state index contributed by atoms with van der Waals surface area (Å²) in [7, 11) is -2.16. The molecule has 0 aliphatic heterocycles. The molecule has 2 rings (SSSR count). The predicted octanol–water partition coefficient (Wildman–Crippen LogP) is 3.04. The van der Waals surface area contributed by atoms with Crippen LogP contribution < -0.4 is 14.8 Å². The van der Waals surface area contributed by atoms with Crippen LogP contribution in [0.25, 0.3) is 0 Å². The standard InChI is InChI=1S/C17H26N2O4S/c1-13(20)18-16-11-10-15(12-17(16)23-2)24(21,22)19-14-8-6-4-3-5-7-9-14/h10-12,14,19H,3-9H2,1-2H3,(H,18,20). The molecule has 1 aromatic rings. The van der Waals surface area contributed by atoms with Crippen LogP contribution in [-0.2, 0) is 14.8 Å². The van der Waals surface area contributed by atoms with Gasteiger partial charge in [0, 0.05) is 19.0 Å². The molecule has 1 fully saturated rings. The van der Waals surface area contributed by atoms with Gasteiger partial charge in [-0.15, -0.1) is 0 Å². The third-order valence-electron chi connectivity index (χ3n) is 4.22. The van der Waals surface area contributed by atoms with Crippen molar-refractivity contribution in [3.8, 4) is 5.75 Å². The number of rotatable bonds is 5. The summed E-state index contributed by atoms with van der Waals surface area (Å²) < 4.78 is 33.3. The number of hydrogen-bond acceptors (Lipinski definition) is 4. The fourth-order valence-corrected chi connectivity index (χ4v) is 4.31. The summed E-state index contributed by atoms with van der Waals surface area (Å²) in [5.74, 6) is 0.0855. The normalized spacial score (nSPS) is 16.9. The number of methoxy groups -OCH3 is 1. The van der Waals surface area contributed by atoms with Gasteiger partial charge in [0.2, 0.25) is 15.9 Å². The molecule has 0 aromatic heterocycles. The van der Waals surface area contributed by atoms with E-state index in [1.807, 2.05) is 0 Å². The van der Waals surface area contributed by atoms with Gasteiger partial charge in [0.1, 0.15) is 5.75 Å². The van der Waals surface area contributed by atoms with E-state index in [1.165, 1.54) is 32.6 Å². The molecule has 0 radical (unpaired) electrons. The average Bonchev–Trinajstić information content (AvgIpc) is 2.49. The summed E-state index contributed by atoms with van der Waals surface area (Å²) in [6, 6.07) is 4.46. The lowest BCUT2D eigenvalue weighted by Crippen LogP contribution is -2.35. The molecule has 1 aliphatic carbocycles. The minimum atomic E-state index is -3.61. The van der Waals surface area contributed by atoms with Gasteiger partial charge in [-0.25, -0.2) is 13.1 Å². The van der Waals surface area contributed by atoms with Crippen LogP contribution in [0.4, 0.5) is 5.69 Å². The first-order valence-corrected chi connectivity index (χ1v) is 9.88. The fraction of sp³-hybridized carbons (Fsp3) is 0.588. The molecular weight excluding hydrogens is 328 g/mol. The number of carbonyl (C=O) groups excluding carboxylic acids is 1. The Morgan fingerprint density at radius 3 is 2.33 bits per heavy atom. The van der Waals surface area contributed by atoms with Crippen molar-refractivity contribution in [3.63, 3.8) is 0 Å². The van der Waals surface area contributed by atoms with Crippen molar-refractivity contribution in [2.24, 2.45) is 0 Å². The van der Waals surface area contributed by atoms with Gasteiger partial charge in [-0.3, -0.25) is 4.79 Å². The van der Waals surface area contributed by atoms with E-state index in [0.29, 0.717) is 11.4 Å². The lowest BCUT2D eigenvalue weighted by atomic mass is 9.97. The molecule has 0 heterocycles. The van der Waals surface area contributed by atoms with Crippen molar-refractivity contribution in [2.75, 3.05) is 12.4 Å². The molecule has 2 N–H and O–H groups in total. The van der Waals surface area contributed by atoms with E-state index in [2.05, 4.69) is 10.0 Å². The van der Waals surface area contributed by atoms with Gasteiger partial charge in [0.05, 0.1) is 17.7 Å². The molecule has 0 atom stereocenters. The molecule has 1 aromatic carbocycles. The number of carbonyl (C=O) groups is 1. The maximum absolute atomic E-state index is 12.6. The Morgan fingerprint density at radius 1 is 1.12 bits per heavy atom. The van der Waals surface area contributed by atoms with E-state index in [-0.39, 0.29) is 16.8 Å². The number of anilines is 1. The molecular formula is C17H26N2O4S. The zero-order chi connectivity index (χ0) is 17.6. The molecule has 0 spiro atoms. The number of nitrogens with one attached hydrogen (secondary N) is 2. The monoisotopic (exact) mass is 354 g/mol. The first-order valence-electron chi connectivity index (χ1n) is 8.40. The summed E-state index contributed by atoms with van der Waals surface area (Å²) in [4.78, 5) is 11.3. The van der Waals surface area contributed by atoms with Crippen molar-refractivity contribution in [1.29, 1.82) is 0 Å². The molecule has 1 saturated carbocycles. The Morgan fingerprint density at radius 2 is 1.75 bits per heavy atom. The van der Waals surface area contributed by atoms with Gasteiger partial charge in [0.25, 0.3) is 0 Å². The van der Waals surface area contributed by atoms with E-state index in [9.17, 15) is 13.2 Å². The minimum absolute atomic E-state index is 0.0173. The first-order chi connectivity index (χ1) is 11.4. The Labute approximate surface area is 144 Å². The van der Waals surface area contributed by atoms with Crippen molar-refractivity contribution in [3.05, 3.63) is 18.2 Å².